The SMILES string of the molecule is CC1(C)CCC2(OCCO2)C1CON.CC1(C)CCC2=NOCC21. The fourth-order valence-electron chi connectivity index (χ4n) is 4.58. The van der Waals surface area contributed by atoms with Gasteiger partial charge in [-0.2, -0.15) is 0 Å². The van der Waals surface area contributed by atoms with Gasteiger partial charge in [-0.05, 0) is 30.1 Å². The summed E-state index contributed by atoms with van der Waals surface area (Å²) in [6.45, 7) is 11.8. The fraction of sp³-hybridized carbons (Fsp3) is 0.944. The molecule has 6 heteroatoms. The van der Waals surface area contributed by atoms with Gasteiger partial charge in [-0.3, -0.25) is 0 Å². The molecule has 6 nitrogen and oxygen atoms in total. The van der Waals surface area contributed by atoms with Gasteiger partial charge in [-0.25, -0.2) is 5.90 Å². The lowest BCUT2D eigenvalue weighted by molar-refractivity contribution is -0.204. The Kier molecular flexibility index (Phi) is 4.95. The minimum Gasteiger partial charge on any atom is -0.395 e. The number of nitrogens with two attached hydrogens (primary N) is 1. The van der Waals surface area contributed by atoms with Crippen LogP contribution in [0.2, 0.25) is 0 Å². The number of rotatable bonds is 2. The van der Waals surface area contributed by atoms with Crippen LogP contribution in [0.4, 0.5) is 0 Å². The van der Waals surface area contributed by atoms with Crippen LogP contribution < -0.4 is 5.90 Å². The normalized spacial score (nSPS) is 34.5. The molecule has 2 unspecified atom stereocenters. The maximum atomic E-state index is 5.74. The third-order valence-corrected chi connectivity index (χ3v) is 6.43. The van der Waals surface area contributed by atoms with Gasteiger partial charge in [0.1, 0.15) is 6.61 Å². The van der Waals surface area contributed by atoms with Crippen LogP contribution in [-0.4, -0.2) is 37.9 Å². The van der Waals surface area contributed by atoms with E-state index in [1.165, 1.54) is 12.1 Å². The van der Waals surface area contributed by atoms with E-state index in [4.69, 9.17) is 25.0 Å². The molecule has 0 aromatic heterocycles. The average molecular weight is 340 g/mol. The Balaban J connectivity index is 0.000000149. The topological polar surface area (TPSA) is 75.3 Å². The molecule has 2 aliphatic heterocycles. The Bertz CT molecular complexity index is 483. The molecule has 2 N–H and O–H groups in total. The highest BCUT2D eigenvalue weighted by atomic mass is 16.7. The molecule has 4 rings (SSSR count). The fourth-order valence-corrected chi connectivity index (χ4v) is 4.58. The monoisotopic (exact) mass is 340 g/mol. The van der Waals surface area contributed by atoms with Gasteiger partial charge in [-0.1, -0.05) is 32.9 Å². The molecule has 138 valence electrons. The van der Waals surface area contributed by atoms with Crippen molar-refractivity contribution in [3.05, 3.63) is 0 Å². The summed E-state index contributed by atoms with van der Waals surface area (Å²) in [5.41, 5.74) is 1.92. The van der Waals surface area contributed by atoms with E-state index in [2.05, 4.69) is 32.9 Å². The molecule has 1 saturated heterocycles. The number of hydrogen-bond donors (Lipinski definition) is 1. The summed E-state index contributed by atoms with van der Waals surface area (Å²) < 4.78 is 11.5. The largest absolute Gasteiger partial charge is 0.395 e. The Morgan fingerprint density at radius 3 is 2.42 bits per heavy atom. The zero-order valence-corrected chi connectivity index (χ0v) is 15.5. The third-order valence-electron chi connectivity index (χ3n) is 6.43. The van der Waals surface area contributed by atoms with Crippen molar-refractivity contribution in [3.63, 3.8) is 0 Å². The minimum atomic E-state index is -0.414. The molecule has 0 radical (unpaired) electrons. The molecule has 1 spiro atoms. The van der Waals surface area contributed by atoms with Crippen molar-refractivity contribution in [2.24, 2.45) is 33.7 Å². The van der Waals surface area contributed by atoms with Crippen molar-refractivity contribution in [3.8, 4) is 0 Å². The second kappa shape index (κ2) is 6.56. The molecule has 3 fully saturated rings. The summed E-state index contributed by atoms with van der Waals surface area (Å²) in [5.74, 6) is 5.61. The van der Waals surface area contributed by atoms with Crippen LogP contribution in [0.5, 0.6) is 0 Å². The predicted octanol–water partition coefficient (Wildman–Crippen LogP) is 2.86. The van der Waals surface area contributed by atoms with Crippen LogP contribution in [0.25, 0.3) is 0 Å². The van der Waals surface area contributed by atoms with Crippen LogP contribution in [-0.2, 0) is 19.1 Å². The lowest BCUT2D eigenvalue weighted by Gasteiger charge is -2.34. The van der Waals surface area contributed by atoms with Crippen molar-refractivity contribution in [2.75, 3.05) is 26.4 Å². The molecule has 24 heavy (non-hydrogen) atoms. The van der Waals surface area contributed by atoms with Gasteiger partial charge in [0, 0.05) is 18.3 Å². The van der Waals surface area contributed by atoms with Gasteiger partial charge < -0.3 is 19.1 Å². The van der Waals surface area contributed by atoms with E-state index in [9.17, 15) is 0 Å². The molecule has 2 aliphatic carbocycles. The van der Waals surface area contributed by atoms with Crippen molar-refractivity contribution >= 4 is 5.71 Å². The molecule has 4 aliphatic rings. The lowest BCUT2D eigenvalue weighted by Crippen LogP contribution is -2.42. The number of nitrogens with zero attached hydrogens (tertiary/aromatic N) is 1. The van der Waals surface area contributed by atoms with Gasteiger partial charge >= 0.3 is 0 Å². The molecule has 0 aromatic carbocycles. The number of ether oxygens (including phenoxy) is 2. The van der Waals surface area contributed by atoms with Crippen LogP contribution in [0.1, 0.15) is 53.4 Å². The molecule has 0 bridgehead atoms. The van der Waals surface area contributed by atoms with Crippen molar-refractivity contribution < 1.29 is 19.1 Å². The average Bonchev–Trinajstić information content (AvgIpc) is 3.26. The first-order valence-electron chi connectivity index (χ1n) is 9.09. The molecule has 2 atom stereocenters. The van der Waals surface area contributed by atoms with Crippen molar-refractivity contribution in [1.29, 1.82) is 0 Å². The molecule has 2 heterocycles. The number of hydrogen-bond acceptors (Lipinski definition) is 6. The highest BCUT2D eigenvalue weighted by Gasteiger charge is 2.56. The zero-order chi connectivity index (χ0) is 17.4. The summed E-state index contributed by atoms with van der Waals surface area (Å²) in [4.78, 5) is 9.82. The first-order chi connectivity index (χ1) is 11.3. The van der Waals surface area contributed by atoms with Gasteiger partial charge in [-0.15, -0.1) is 0 Å². The highest BCUT2D eigenvalue weighted by molar-refractivity contribution is 5.90. The maximum absolute atomic E-state index is 5.74. The third kappa shape index (κ3) is 3.21. The predicted molar refractivity (Wildman–Crippen MR) is 91.2 cm³/mol. The van der Waals surface area contributed by atoms with Crippen molar-refractivity contribution in [2.45, 2.75) is 59.2 Å². The Labute approximate surface area is 145 Å². The van der Waals surface area contributed by atoms with E-state index in [1.54, 1.807) is 0 Å². The minimum absolute atomic E-state index is 0.184. The summed E-state index contributed by atoms with van der Waals surface area (Å²) in [5, 5.41) is 4.01. The van der Waals surface area contributed by atoms with Crippen molar-refractivity contribution in [1.82, 2.24) is 0 Å². The van der Waals surface area contributed by atoms with E-state index in [0.717, 1.165) is 25.9 Å². The summed E-state index contributed by atoms with van der Waals surface area (Å²) in [7, 11) is 0. The van der Waals surface area contributed by atoms with Crippen LogP contribution in [0.15, 0.2) is 5.16 Å². The Morgan fingerprint density at radius 2 is 1.79 bits per heavy atom. The van der Waals surface area contributed by atoms with Gasteiger partial charge in [0.2, 0.25) is 0 Å². The van der Waals surface area contributed by atoms with E-state index in [0.29, 0.717) is 31.2 Å². The zero-order valence-electron chi connectivity index (χ0n) is 15.5. The Hall–Kier alpha value is -0.690. The maximum Gasteiger partial charge on any atom is 0.174 e. The quantitative estimate of drug-likeness (QED) is 0.782. The highest BCUT2D eigenvalue weighted by Crippen LogP contribution is 2.52. The molecule has 0 amide bonds. The molecular weight excluding hydrogens is 308 g/mol. The standard InChI is InChI=1S/C10H19NO3.C8H13NO/c1-9(2)3-4-10(8(9)7-14-11)12-5-6-13-10;1-8(2)4-3-7-6(8)5-10-9-7/h8H,3-7,11H2,1-2H3;6H,3-5H2,1-2H3. The lowest BCUT2D eigenvalue weighted by atomic mass is 9.81. The first kappa shape index (κ1) is 18.1. The summed E-state index contributed by atoms with van der Waals surface area (Å²) >= 11 is 0. The van der Waals surface area contributed by atoms with Gasteiger partial charge in [0.25, 0.3) is 0 Å². The van der Waals surface area contributed by atoms with E-state index < -0.39 is 5.79 Å². The van der Waals surface area contributed by atoms with Crippen LogP contribution in [0.3, 0.4) is 0 Å². The van der Waals surface area contributed by atoms with Gasteiger partial charge in [0.05, 0.1) is 25.5 Å². The van der Waals surface area contributed by atoms with Crippen LogP contribution >= 0.6 is 0 Å². The smallest absolute Gasteiger partial charge is 0.174 e. The van der Waals surface area contributed by atoms with Crippen LogP contribution in [0, 0.1) is 22.7 Å². The second-order valence-corrected chi connectivity index (χ2v) is 8.80. The number of fused-ring (bicyclic) bond motifs is 1. The van der Waals surface area contributed by atoms with E-state index in [1.807, 2.05) is 0 Å². The summed E-state index contributed by atoms with van der Waals surface area (Å²) in [6, 6.07) is 0. The molecule has 2 saturated carbocycles. The van der Waals surface area contributed by atoms with E-state index >= 15 is 0 Å². The Morgan fingerprint density at radius 1 is 1.08 bits per heavy atom. The van der Waals surface area contributed by atoms with Gasteiger partial charge in [0.15, 0.2) is 5.79 Å². The molecule has 0 aromatic rings. The van der Waals surface area contributed by atoms with E-state index in [-0.39, 0.29) is 11.3 Å². The summed E-state index contributed by atoms with van der Waals surface area (Å²) in [6.07, 6.45) is 4.48. The number of oxime groups is 1. The first-order valence-corrected chi connectivity index (χ1v) is 9.09. The second-order valence-electron chi connectivity index (χ2n) is 8.80. The molecular formula is C18H32N2O4.